The number of nitrogens with zero attached hydrogens (tertiary/aromatic N) is 3. The van der Waals surface area contributed by atoms with E-state index < -0.39 is 0 Å². The Morgan fingerprint density at radius 1 is 1.60 bits per heavy atom. The molecule has 0 aliphatic carbocycles. The normalized spacial score (nSPS) is 10.0. The molecule has 0 unspecified atom stereocenters. The van der Waals surface area contributed by atoms with Crippen LogP contribution in [-0.2, 0) is 0 Å². The highest BCUT2D eigenvalue weighted by atomic mass is 79.9. The fourth-order valence-electron chi connectivity index (χ4n) is 1.03. The Morgan fingerprint density at radius 3 is 3.00 bits per heavy atom. The van der Waals surface area contributed by atoms with Crippen molar-refractivity contribution in [1.29, 1.82) is 0 Å². The summed E-state index contributed by atoms with van der Waals surface area (Å²) < 4.78 is 6.02. The van der Waals surface area contributed by atoms with Crippen molar-refractivity contribution in [3.8, 4) is 5.75 Å². The number of azide groups is 1. The number of halogens is 1. The number of hydrogen-bond acceptors (Lipinski definition) is 2. The lowest BCUT2D eigenvalue weighted by molar-refractivity contribution is 0.414. The Bertz CT molecular complexity index is 411. The van der Waals surface area contributed by atoms with E-state index in [0.717, 1.165) is 15.8 Å². The smallest absolute Gasteiger partial charge is 0.120 e. The maximum Gasteiger partial charge on any atom is 0.120 e. The SMILES string of the molecule is COc1ccc(C=CCN=[N+]=[N-])c(Br)c1. The monoisotopic (exact) mass is 267 g/mol. The first-order chi connectivity index (χ1) is 7.27. The molecule has 0 amide bonds. The Balaban J connectivity index is 2.77. The summed E-state index contributed by atoms with van der Waals surface area (Å²) in [5, 5.41) is 3.40. The van der Waals surface area contributed by atoms with Gasteiger partial charge in [0.2, 0.25) is 0 Å². The molecule has 78 valence electrons. The van der Waals surface area contributed by atoms with Crippen molar-refractivity contribution in [3.63, 3.8) is 0 Å². The zero-order chi connectivity index (χ0) is 11.1. The Labute approximate surface area is 96.3 Å². The van der Waals surface area contributed by atoms with Gasteiger partial charge in [0.1, 0.15) is 5.75 Å². The van der Waals surface area contributed by atoms with Crippen molar-refractivity contribution in [2.75, 3.05) is 13.7 Å². The number of methoxy groups -OCH3 is 1. The first kappa shape index (κ1) is 11.6. The Hall–Kier alpha value is -1.45. The van der Waals surface area contributed by atoms with Crippen molar-refractivity contribution < 1.29 is 4.74 Å². The first-order valence-corrected chi connectivity index (χ1v) is 5.08. The van der Waals surface area contributed by atoms with Crippen LogP contribution in [0.5, 0.6) is 5.75 Å². The molecule has 1 rings (SSSR count). The summed E-state index contributed by atoms with van der Waals surface area (Å²) in [7, 11) is 1.62. The topological polar surface area (TPSA) is 58.0 Å². The van der Waals surface area contributed by atoms with E-state index in [-0.39, 0.29) is 0 Å². The van der Waals surface area contributed by atoms with Crippen molar-refractivity contribution in [2.24, 2.45) is 5.11 Å². The van der Waals surface area contributed by atoms with Gasteiger partial charge >= 0.3 is 0 Å². The predicted molar refractivity (Wildman–Crippen MR) is 63.7 cm³/mol. The van der Waals surface area contributed by atoms with Crippen LogP contribution in [0.4, 0.5) is 0 Å². The number of ether oxygens (including phenoxy) is 1. The lowest BCUT2D eigenvalue weighted by Crippen LogP contribution is -1.83. The van der Waals surface area contributed by atoms with Gasteiger partial charge in [0, 0.05) is 15.9 Å². The summed E-state index contributed by atoms with van der Waals surface area (Å²) in [6.45, 7) is 0.356. The summed E-state index contributed by atoms with van der Waals surface area (Å²) in [4.78, 5) is 2.66. The molecular weight excluding hydrogens is 258 g/mol. The van der Waals surface area contributed by atoms with Gasteiger partial charge in [-0.25, -0.2) is 0 Å². The molecule has 0 spiro atoms. The zero-order valence-electron chi connectivity index (χ0n) is 8.22. The van der Waals surface area contributed by atoms with Crippen LogP contribution >= 0.6 is 15.9 Å². The second kappa shape index (κ2) is 6.11. The summed E-state index contributed by atoms with van der Waals surface area (Å²) in [5.74, 6) is 0.800. The van der Waals surface area contributed by atoms with Crippen LogP contribution in [-0.4, -0.2) is 13.7 Å². The van der Waals surface area contributed by atoms with Gasteiger partial charge in [-0.1, -0.05) is 39.3 Å². The van der Waals surface area contributed by atoms with Crippen LogP contribution in [0, 0.1) is 0 Å². The molecule has 1 aromatic carbocycles. The predicted octanol–water partition coefficient (Wildman–Crippen LogP) is 3.78. The van der Waals surface area contributed by atoms with Crippen molar-refractivity contribution in [3.05, 3.63) is 44.8 Å². The minimum atomic E-state index is 0.356. The molecule has 0 saturated heterocycles. The van der Waals surface area contributed by atoms with Gasteiger partial charge in [-0.05, 0) is 23.2 Å². The third-order valence-corrected chi connectivity index (χ3v) is 2.44. The molecule has 0 heterocycles. The minimum absolute atomic E-state index is 0.356. The molecule has 0 atom stereocenters. The van der Waals surface area contributed by atoms with Gasteiger partial charge in [-0.2, -0.15) is 0 Å². The van der Waals surface area contributed by atoms with Crippen LogP contribution in [0.25, 0.3) is 16.5 Å². The van der Waals surface area contributed by atoms with Gasteiger partial charge in [0.05, 0.1) is 7.11 Å². The van der Waals surface area contributed by atoms with Crippen molar-refractivity contribution >= 4 is 22.0 Å². The van der Waals surface area contributed by atoms with Crippen LogP contribution < -0.4 is 4.74 Å². The molecule has 15 heavy (non-hydrogen) atoms. The van der Waals surface area contributed by atoms with E-state index in [1.165, 1.54) is 0 Å². The lowest BCUT2D eigenvalue weighted by Gasteiger charge is -2.02. The second-order valence-corrected chi connectivity index (χ2v) is 3.56. The Kier molecular flexibility index (Phi) is 4.74. The van der Waals surface area contributed by atoms with Gasteiger partial charge < -0.3 is 4.74 Å². The largest absolute Gasteiger partial charge is 0.497 e. The van der Waals surface area contributed by atoms with Crippen LogP contribution in [0.1, 0.15) is 5.56 Å². The highest BCUT2D eigenvalue weighted by molar-refractivity contribution is 9.10. The molecule has 0 aliphatic heterocycles. The van der Waals surface area contributed by atoms with Crippen molar-refractivity contribution in [1.82, 2.24) is 0 Å². The quantitative estimate of drug-likeness (QED) is 0.465. The van der Waals surface area contributed by atoms with E-state index in [2.05, 4.69) is 26.0 Å². The fourth-order valence-corrected chi connectivity index (χ4v) is 1.52. The fraction of sp³-hybridized carbons (Fsp3) is 0.200. The van der Waals surface area contributed by atoms with Gasteiger partial charge in [0.15, 0.2) is 0 Å². The summed E-state index contributed by atoms with van der Waals surface area (Å²) in [6.07, 6.45) is 3.69. The van der Waals surface area contributed by atoms with E-state index >= 15 is 0 Å². The summed E-state index contributed by atoms with van der Waals surface area (Å²) >= 11 is 3.42. The van der Waals surface area contributed by atoms with E-state index in [4.69, 9.17) is 10.3 Å². The first-order valence-electron chi connectivity index (χ1n) is 4.29. The second-order valence-electron chi connectivity index (χ2n) is 2.70. The molecule has 0 fully saturated rings. The summed E-state index contributed by atoms with van der Waals surface area (Å²) in [5.41, 5.74) is 9.10. The van der Waals surface area contributed by atoms with Gasteiger partial charge in [-0.3, -0.25) is 0 Å². The average Bonchev–Trinajstić information content (AvgIpc) is 2.26. The van der Waals surface area contributed by atoms with Gasteiger partial charge in [-0.15, -0.1) is 0 Å². The summed E-state index contributed by atoms with van der Waals surface area (Å²) in [6, 6.07) is 5.68. The van der Waals surface area contributed by atoms with Crippen LogP contribution in [0.3, 0.4) is 0 Å². The molecule has 0 N–H and O–H groups in total. The van der Waals surface area contributed by atoms with Gasteiger partial charge in [0.25, 0.3) is 0 Å². The maximum atomic E-state index is 8.08. The van der Waals surface area contributed by atoms with Crippen LogP contribution in [0.15, 0.2) is 33.9 Å². The maximum absolute atomic E-state index is 8.08. The highest BCUT2D eigenvalue weighted by Gasteiger charge is 1.97. The van der Waals surface area contributed by atoms with Crippen LogP contribution in [0.2, 0.25) is 0 Å². The zero-order valence-corrected chi connectivity index (χ0v) is 9.81. The van der Waals surface area contributed by atoms with E-state index in [0.29, 0.717) is 6.54 Å². The molecule has 0 aliphatic rings. The number of benzene rings is 1. The number of hydrogen-bond donors (Lipinski definition) is 0. The van der Waals surface area contributed by atoms with E-state index in [1.807, 2.05) is 24.3 Å². The lowest BCUT2D eigenvalue weighted by atomic mass is 10.2. The minimum Gasteiger partial charge on any atom is -0.497 e. The third kappa shape index (κ3) is 3.65. The van der Waals surface area contributed by atoms with Crippen molar-refractivity contribution in [2.45, 2.75) is 0 Å². The molecule has 5 heteroatoms. The van der Waals surface area contributed by atoms with E-state index in [1.54, 1.807) is 13.2 Å². The molecular formula is C10H10BrN3O. The van der Waals surface area contributed by atoms with E-state index in [9.17, 15) is 0 Å². The molecule has 0 saturated carbocycles. The number of rotatable bonds is 4. The molecule has 4 nitrogen and oxygen atoms in total. The Morgan fingerprint density at radius 2 is 2.40 bits per heavy atom. The average molecular weight is 268 g/mol. The highest BCUT2D eigenvalue weighted by Crippen LogP contribution is 2.23. The standard InChI is InChI=1S/C10H10BrN3O/c1-15-9-5-4-8(10(11)7-9)3-2-6-13-14-12/h2-5,7H,6H2,1H3. The third-order valence-electron chi connectivity index (χ3n) is 1.76. The molecule has 0 aromatic heterocycles. The molecule has 1 aromatic rings. The molecule has 0 radical (unpaired) electrons. The molecule has 0 bridgehead atoms.